The summed E-state index contributed by atoms with van der Waals surface area (Å²) in [6.07, 6.45) is 0.883. The number of amides is 2. The van der Waals surface area contributed by atoms with Crippen molar-refractivity contribution in [2.45, 2.75) is 62.6 Å². The summed E-state index contributed by atoms with van der Waals surface area (Å²) in [5.74, 6) is -1.52. The maximum atomic E-state index is 12.9. The Hall–Kier alpha value is -2.04. The average molecular weight is 492 g/mol. The zero-order chi connectivity index (χ0) is 23.3. The normalized spacial score (nSPS) is 19.4. The van der Waals surface area contributed by atoms with Crippen molar-refractivity contribution >= 4 is 56.7 Å². The maximum absolute atomic E-state index is 12.9. The number of non-ortho nitro benzene ring substituents is 1. The molecule has 1 aromatic rings. The van der Waals surface area contributed by atoms with Crippen LogP contribution in [0.3, 0.4) is 0 Å². The number of hydrogen-bond donors (Lipinski definition) is 1. The fourth-order valence-electron chi connectivity index (χ4n) is 3.07. The van der Waals surface area contributed by atoms with Crippen LogP contribution in [0.25, 0.3) is 0 Å². The molecule has 1 aliphatic heterocycles. The topological polar surface area (TPSA) is 119 Å². The third-order valence-corrected chi connectivity index (χ3v) is 7.02. The van der Waals surface area contributed by atoms with Crippen LogP contribution in [0, 0.1) is 10.1 Å². The van der Waals surface area contributed by atoms with Gasteiger partial charge in [0, 0.05) is 18.6 Å². The Labute approximate surface area is 193 Å². The molecular weight excluding hydrogens is 469 g/mol. The Kier molecular flexibility index (Phi) is 8.56. The molecule has 1 fully saturated rings. The van der Waals surface area contributed by atoms with Gasteiger partial charge in [-0.05, 0) is 59.6 Å². The van der Waals surface area contributed by atoms with E-state index >= 15 is 0 Å². The number of alkyl halides is 1. The molecule has 1 N–H and O–H groups in total. The highest BCUT2D eigenvalue weighted by atomic mass is 35.7. The van der Waals surface area contributed by atoms with Gasteiger partial charge in [-0.15, -0.1) is 0 Å². The third-order valence-electron chi connectivity index (χ3n) is 4.74. The average Bonchev–Trinajstić information content (AvgIpc) is 2.74. The lowest BCUT2D eigenvalue weighted by atomic mass is 9.94. The monoisotopic (exact) mass is 491 g/mol. The number of carbonyl (C=O) groups is 3. The Morgan fingerprint density at radius 3 is 2.45 bits per heavy atom. The summed E-state index contributed by atoms with van der Waals surface area (Å²) in [4.78, 5) is 48.8. The van der Waals surface area contributed by atoms with Gasteiger partial charge in [-0.2, -0.15) is 0 Å². The second-order valence-electron chi connectivity index (χ2n) is 7.53. The highest BCUT2D eigenvalue weighted by Crippen LogP contribution is 2.40. The van der Waals surface area contributed by atoms with Gasteiger partial charge in [0.25, 0.3) is 11.6 Å². The van der Waals surface area contributed by atoms with Gasteiger partial charge in [-0.1, -0.05) is 18.5 Å². The number of halogens is 2. The number of nitrogens with zero attached hydrogens (tertiary/aromatic N) is 2. The van der Waals surface area contributed by atoms with Crippen molar-refractivity contribution in [1.29, 1.82) is 0 Å². The van der Waals surface area contributed by atoms with Gasteiger partial charge >= 0.3 is 5.97 Å². The number of ether oxygens (including phenoxy) is 1. The van der Waals surface area contributed by atoms with Crippen molar-refractivity contribution in [3.05, 3.63) is 39.9 Å². The summed E-state index contributed by atoms with van der Waals surface area (Å²) in [6, 6.07) is 3.51. The molecule has 3 unspecified atom stereocenters. The molecule has 1 heterocycles. The molecule has 9 nitrogen and oxygen atoms in total. The standard InChI is InChI=1S/C19H23Cl2N3O6S/c1-4-5-13(25)22-14-16(20)23(17(14)26)15(19(2,3)31-21)18(27)30-10-11-6-8-12(9-7-11)24(28)29/h6-9,14-16H,4-5,10H2,1-3H3,(H,22,25). The van der Waals surface area contributed by atoms with Crippen LogP contribution in [0.15, 0.2) is 24.3 Å². The van der Waals surface area contributed by atoms with Crippen LogP contribution in [0.4, 0.5) is 5.69 Å². The number of nitro groups is 1. The molecule has 2 amide bonds. The molecule has 0 saturated carbocycles. The Balaban J connectivity index is 2.12. The van der Waals surface area contributed by atoms with Crippen LogP contribution in [0.1, 0.15) is 39.2 Å². The van der Waals surface area contributed by atoms with E-state index in [0.717, 1.165) is 15.9 Å². The lowest BCUT2D eigenvalue weighted by Gasteiger charge is -2.50. The van der Waals surface area contributed by atoms with E-state index in [2.05, 4.69) is 5.32 Å². The van der Waals surface area contributed by atoms with Gasteiger partial charge in [0.2, 0.25) is 5.91 Å². The van der Waals surface area contributed by atoms with E-state index in [4.69, 9.17) is 27.0 Å². The Morgan fingerprint density at radius 1 is 1.35 bits per heavy atom. The van der Waals surface area contributed by atoms with Crippen molar-refractivity contribution in [3.8, 4) is 0 Å². The van der Waals surface area contributed by atoms with E-state index in [-0.39, 0.29) is 24.6 Å². The first kappa shape index (κ1) is 25.2. The van der Waals surface area contributed by atoms with Crippen molar-refractivity contribution in [2.75, 3.05) is 0 Å². The molecule has 170 valence electrons. The number of likely N-dealkylation sites (tertiary alicyclic amines) is 1. The number of benzene rings is 1. The molecule has 1 aliphatic rings. The number of hydrogen-bond acceptors (Lipinski definition) is 7. The first-order chi connectivity index (χ1) is 14.5. The van der Waals surface area contributed by atoms with Crippen LogP contribution in [-0.4, -0.2) is 49.9 Å². The summed E-state index contributed by atoms with van der Waals surface area (Å²) in [5.41, 5.74) is -0.482. The summed E-state index contributed by atoms with van der Waals surface area (Å²) in [7, 11) is 6.82. The zero-order valence-electron chi connectivity index (χ0n) is 17.2. The van der Waals surface area contributed by atoms with Crippen molar-refractivity contribution in [3.63, 3.8) is 0 Å². The summed E-state index contributed by atoms with van der Waals surface area (Å²) in [6.45, 7) is 5.02. The summed E-state index contributed by atoms with van der Waals surface area (Å²) in [5, 5.41) is 13.3. The minimum absolute atomic E-state index is 0.0834. The van der Waals surface area contributed by atoms with Gasteiger partial charge in [-0.25, -0.2) is 4.79 Å². The zero-order valence-corrected chi connectivity index (χ0v) is 19.5. The molecule has 0 aromatic heterocycles. The molecular formula is C19H23Cl2N3O6S. The number of carbonyl (C=O) groups excluding carboxylic acids is 3. The highest BCUT2D eigenvalue weighted by molar-refractivity contribution is 8.22. The largest absolute Gasteiger partial charge is 0.459 e. The molecule has 0 spiro atoms. The van der Waals surface area contributed by atoms with Crippen molar-refractivity contribution in [1.82, 2.24) is 10.2 Å². The smallest absolute Gasteiger partial charge is 0.330 e. The van der Waals surface area contributed by atoms with E-state index in [9.17, 15) is 24.5 Å². The van der Waals surface area contributed by atoms with E-state index in [0.29, 0.717) is 12.0 Å². The molecule has 0 bridgehead atoms. The van der Waals surface area contributed by atoms with E-state index < -0.39 is 39.1 Å². The Morgan fingerprint density at radius 2 is 1.97 bits per heavy atom. The van der Waals surface area contributed by atoms with Gasteiger partial charge in [0.15, 0.2) is 0 Å². The molecule has 0 aliphatic carbocycles. The summed E-state index contributed by atoms with van der Waals surface area (Å²) < 4.78 is 4.42. The van der Waals surface area contributed by atoms with Crippen molar-refractivity contribution in [2.24, 2.45) is 0 Å². The second kappa shape index (κ2) is 10.5. The molecule has 3 atom stereocenters. The second-order valence-corrected chi connectivity index (χ2v) is 9.64. The van der Waals surface area contributed by atoms with Crippen LogP contribution in [0.2, 0.25) is 0 Å². The number of rotatable bonds is 10. The van der Waals surface area contributed by atoms with Gasteiger partial charge < -0.3 is 15.0 Å². The van der Waals surface area contributed by atoms with Crippen molar-refractivity contribution < 1.29 is 24.0 Å². The lowest BCUT2D eigenvalue weighted by molar-refractivity contribution is -0.384. The highest BCUT2D eigenvalue weighted by Gasteiger charge is 2.56. The fraction of sp³-hybridized carbons (Fsp3) is 0.526. The summed E-state index contributed by atoms with van der Waals surface area (Å²) >= 11 is 6.35. The molecule has 31 heavy (non-hydrogen) atoms. The molecule has 0 radical (unpaired) electrons. The predicted octanol–water partition coefficient (Wildman–Crippen LogP) is 3.36. The van der Waals surface area contributed by atoms with E-state index in [1.54, 1.807) is 13.8 Å². The maximum Gasteiger partial charge on any atom is 0.330 e. The minimum Gasteiger partial charge on any atom is -0.459 e. The number of nitro benzene ring substituents is 1. The van der Waals surface area contributed by atoms with E-state index in [1.807, 2.05) is 6.92 Å². The quantitative estimate of drug-likeness (QED) is 0.133. The number of β-lactam (4-membered cyclic amide) rings is 1. The molecule has 1 saturated heterocycles. The van der Waals surface area contributed by atoms with Crippen LogP contribution >= 0.6 is 33.3 Å². The fourth-order valence-corrected chi connectivity index (χ4v) is 4.00. The predicted molar refractivity (Wildman–Crippen MR) is 118 cm³/mol. The van der Waals surface area contributed by atoms with Crippen LogP contribution < -0.4 is 5.32 Å². The molecule has 1 aromatic carbocycles. The van der Waals surface area contributed by atoms with Crippen LogP contribution in [0.5, 0.6) is 0 Å². The van der Waals surface area contributed by atoms with Crippen LogP contribution in [-0.2, 0) is 25.7 Å². The number of nitrogens with one attached hydrogen (secondary N) is 1. The number of esters is 1. The third kappa shape index (κ3) is 5.81. The SMILES string of the molecule is CCCC(=O)NC1C(=O)N(C(C(=O)OCc2ccc([N+](=O)[O-])cc2)C(C)(C)SCl)C1Cl. The van der Waals surface area contributed by atoms with Gasteiger partial charge in [0.05, 0.1) is 9.67 Å². The van der Waals surface area contributed by atoms with Gasteiger partial charge in [-0.3, -0.25) is 19.7 Å². The van der Waals surface area contributed by atoms with Gasteiger partial charge in [0.1, 0.15) is 24.2 Å². The van der Waals surface area contributed by atoms with E-state index in [1.165, 1.54) is 24.3 Å². The first-order valence-corrected chi connectivity index (χ1v) is 11.6. The Bertz CT molecular complexity index is 852. The minimum atomic E-state index is -1.11. The molecule has 12 heteroatoms. The molecule has 2 rings (SSSR count). The first-order valence-electron chi connectivity index (χ1n) is 9.48. The lowest BCUT2D eigenvalue weighted by Crippen LogP contribution is -2.74.